The number of unbranched alkanes of at least 4 members (excludes halogenated alkanes) is 3. The van der Waals surface area contributed by atoms with Crippen LogP contribution >= 0.6 is 0 Å². The van der Waals surface area contributed by atoms with Crippen molar-refractivity contribution in [3.8, 4) is 0 Å². The highest BCUT2D eigenvalue weighted by atomic mass is 16.7. The third kappa shape index (κ3) is 21.8. The molecule has 0 radical (unpaired) electrons. The number of ketones is 2. The Labute approximate surface area is 432 Å². The standard InChI is InChI=1S/C48H85N3O23/c1-27-38(58)41(61)34(21-52)72-46(27)69-17-14-66-24-31(55)11-6-5-7-12-33(45(65)49-4)51-44(64)30(20-32(56)25-67-15-18-70-47-28(2)39(59)42(62)35(22-53)73-47)10-8-9-13-50-37(57)26-68-16-19-71-48-29(3)40(60)43(63)36(23-54)74-48/h27-30,33-36,38-43,46-48,52-54,58-63H,5-26H2,1-4H3,(H,49,65)(H,50,57)(H,51,64). The maximum Gasteiger partial charge on any atom is 0.245 e. The highest BCUT2D eigenvalue weighted by molar-refractivity contribution is 5.91. The topological polar surface area (TPSA) is 387 Å². The number of hydrogen-bond donors (Lipinski definition) is 12. The lowest BCUT2D eigenvalue weighted by molar-refractivity contribution is -0.284. The molecule has 17 atom stereocenters. The first kappa shape index (κ1) is 65.3. The van der Waals surface area contributed by atoms with E-state index in [1.54, 1.807) is 20.8 Å². The summed E-state index contributed by atoms with van der Waals surface area (Å²) in [6.07, 6.45) is -10.3. The molecule has 0 saturated carbocycles. The highest BCUT2D eigenvalue weighted by Crippen LogP contribution is 2.29. The van der Waals surface area contributed by atoms with Gasteiger partial charge >= 0.3 is 0 Å². The molecule has 3 aliphatic rings. The van der Waals surface area contributed by atoms with Gasteiger partial charge in [0.25, 0.3) is 0 Å². The van der Waals surface area contributed by atoms with Gasteiger partial charge in [0.15, 0.2) is 30.4 Å². The largest absolute Gasteiger partial charge is 0.394 e. The fraction of sp³-hybridized carbons (Fsp3) is 0.896. The lowest BCUT2D eigenvalue weighted by atomic mass is 9.92. The first-order valence-corrected chi connectivity index (χ1v) is 25.7. The van der Waals surface area contributed by atoms with Crippen molar-refractivity contribution in [2.75, 3.05) is 92.9 Å². The van der Waals surface area contributed by atoms with Crippen molar-refractivity contribution in [3.05, 3.63) is 0 Å². The van der Waals surface area contributed by atoms with E-state index in [0.29, 0.717) is 32.1 Å². The van der Waals surface area contributed by atoms with Crippen molar-refractivity contribution >= 4 is 29.3 Å². The highest BCUT2D eigenvalue weighted by Gasteiger charge is 2.44. The summed E-state index contributed by atoms with van der Waals surface area (Å²) in [5.74, 6) is -4.62. The molecule has 0 aromatic rings. The van der Waals surface area contributed by atoms with Crippen molar-refractivity contribution < 1.29 is 113 Å². The molecule has 3 saturated heterocycles. The molecule has 12 N–H and O–H groups in total. The molecule has 3 aliphatic heterocycles. The van der Waals surface area contributed by atoms with Crippen LogP contribution in [-0.2, 0) is 66.6 Å². The minimum Gasteiger partial charge on any atom is -0.394 e. The van der Waals surface area contributed by atoms with E-state index >= 15 is 0 Å². The van der Waals surface area contributed by atoms with Crippen LogP contribution in [0, 0.1) is 23.7 Å². The van der Waals surface area contributed by atoms with Crippen LogP contribution in [0.3, 0.4) is 0 Å². The number of amides is 3. The summed E-state index contributed by atoms with van der Waals surface area (Å²) in [5, 5.41) is 97.1. The van der Waals surface area contributed by atoms with E-state index in [4.69, 9.17) is 42.6 Å². The van der Waals surface area contributed by atoms with Gasteiger partial charge in [-0.2, -0.15) is 0 Å². The number of aliphatic hydroxyl groups excluding tert-OH is 9. The SMILES string of the molecule is CNC(=O)C(CCCCCC(=O)COCCOC1OC(CO)C(O)C(O)C1C)NC(=O)C(CCCCNC(=O)COCCOC1OC(CO)C(O)C(O)C1C)CC(=O)COCCOC1OC(CO)C(O)C(O)C1C. The average molecular weight is 1070 g/mol. The van der Waals surface area contributed by atoms with E-state index in [-0.39, 0.29) is 97.5 Å². The monoisotopic (exact) mass is 1070 g/mol. The number of hydrogen-bond acceptors (Lipinski definition) is 23. The molecule has 17 unspecified atom stereocenters. The summed E-state index contributed by atoms with van der Waals surface area (Å²) in [6, 6.07) is -0.944. The normalized spacial score (nSPS) is 31.1. The Morgan fingerprint density at radius 1 is 0.514 bits per heavy atom. The fourth-order valence-electron chi connectivity index (χ4n) is 8.55. The molecule has 3 heterocycles. The van der Waals surface area contributed by atoms with Crippen molar-refractivity contribution in [2.24, 2.45) is 23.7 Å². The minimum absolute atomic E-state index is 0.00610. The van der Waals surface area contributed by atoms with Crippen molar-refractivity contribution in [3.63, 3.8) is 0 Å². The van der Waals surface area contributed by atoms with Crippen LogP contribution in [0.1, 0.15) is 78.6 Å². The molecule has 0 bridgehead atoms. The van der Waals surface area contributed by atoms with Gasteiger partial charge < -0.3 is 105 Å². The fourth-order valence-corrected chi connectivity index (χ4v) is 8.55. The zero-order valence-corrected chi connectivity index (χ0v) is 43.1. The van der Waals surface area contributed by atoms with Gasteiger partial charge in [-0.1, -0.05) is 40.0 Å². The van der Waals surface area contributed by atoms with E-state index < -0.39 is 147 Å². The van der Waals surface area contributed by atoms with Gasteiger partial charge in [0.1, 0.15) is 62.5 Å². The van der Waals surface area contributed by atoms with Crippen molar-refractivity contribution in [1.82, 2.24) is 16.0 Å². The van der Waals surface area contributed by atoms with Crippen LogP contribution in [0.15, 0.2) is 0 Å². The molecule has 3 fully saturated rings. The molecule has 0 aromatic heterocycles. The summed E-state index contributed by atoms with van der Waals surface area (Å²) in [5.41, 5.74) is 0. The molecular formula is C48H85N3O23. The smallest absolute Gasteiger partial charge is 0.245 e. The van der Waals surface area contributed by atoms with E-state index in [0.717, 1.165) is 0 Å². The summed E-state index contributed by atoms with van der Waals surface area (Å²) in [7, 11) is 1.43. The first-order valence-electron chi connectivity index (χ1n) is 25.7. The number of rotatable bonds is 37. The second kappa shape index (κ2) is 35.4. The molecule has 430 valence electrons. The Kier molecular flexibility index (Phi) is 31.3. The predicted octanol–water partition coefficient (Wildman–Crippen LogP) is -4.08. The van der Waals surface area contributed by atoms with Crippen LogP contribution < -0.4 is 16.0 Å². The van der Waals surface area contributed by atoms with Crippen LogP contribution in [0.25, 0.3) is 0 Å². The van der Waals surface area contributed by atoms with Gasteiger partial charge in [-0.15, -0.1) is 0 Å². The molecule has 0 aromatic carbocycles. The number of carbonyl (C=O) groups is 5. The lowest BCUT2D eigenvalue weighted by Gasteiger charge is -2.40. The quantitative estimate of drug-likeness (QED) is 0.0263. The Morgan fingerprint density at radius 2 is 0.946 bits per heavy atom. The molecule has 3 rings (SSSR count). The Balaban J connectivity index is 1.43. The molecule has 74 heavy (non-hydrogen) atoms. The lowest BCUT2D eigenvalue weighted by Crippen LogP contribution is -2.55. The van der Waals surface area contributed by atoms with Gasteiger partial charge in [-0.3, -0.25) is 24.0 Å². The molecule has 26 nitrogen and oxygen atoms in total. The number of carbonyl (C=O) groups excluding carboxylic acids is 5. The van der Waals surface area contributed by atoms with E-state index in [1.807, 2.05) is 0 Å². The number of aliphatic hydroxyl groups is 9. The second-order valence-corrected chi connectivity index (χ2v) is 19.1. The maximum atomic E-state index is 13.8. The zero-order valence-electron chi connectivity index (χ0n) is 43.1. The number of Topliss-reactive ketones (excluding diaryl/α,β-unsaturated/α-hetero) is 2. The van der Waals surface area contributed by atoms with Crippen molar-refractivity contribution in [1.29, 1.82) is 0 Å². The molecule has 3 amide bonds. The van der Waals surface area contributed by atoms with Gasteiger partial charge in [0.2, 0.25) is 17.7 Å². The first-order chi connectivity index (χ1) is 35.4. The molecule has 26 heteroatoms. The van der Waals surface area contributed by atoms with Crippen LogP contribution in [0.2, 0.25) is 0 Å². The van der Waals surface area contributed by atoms with E-state index in [9.17, 15) is 69.9 Å². The number of likely N-dealkylation sites (N-methyl/N-ethyl adjacent to an activating group) is 1. The van der Waals surface area contributed by atoms with Crippen LogP contribution in [0.4, 0.5) is 0 Å². The van der Waals surface area contributed by atoms with Crippen molar-refractivity contribution in [2.45, 2.75) is 158 Å². The third-order valence-electron chi connectivity index (χ3n) is 13.3. The number of nitrogens with one attached hydrogen (secondary N) is 3. The summed E-state index contributed by atoms with van der Waals surface area (Å²) in [6.45, 7) is 2.74. The van der Waals surface area contributed by atoms with Crippen LogP contribution in [0.5, 0.6) is 0 Å². The maximum absolute atomic E-state index is 13.8. The van der Waals surface area contributed by atoms with Gasteiger partial charge in [-0.25, -0.2) is 0 Å². The molecule has 0 spiro atoms. The summed E-state index contributed by atoms with van der Waals surface area (Å²) in [4.78, 5) is 64.9. The third-order valence-corrected chi connectivity index (χ3v) is 13.3. The molecule has 0 aliphatic carbocycles. The van der Waals surface area contributed by atoms with Crippen LogP contribution in [-0.4, -0.2) is 248 Å². The second-order valence-electron chi connectivity index (χ2n) is 19.1. The minimum atomic E-state index is -1.29. The number of ether oxygens (including phenoxy) is 9. The Bertz CT molecular complexity index is 1630. The van der Waals surface area contributed by atoms with E-state index in [1.165, 1.54) is 7.05 Å². The van der Waals surface area contributed by atoms with E-state index in [2.05, 4.69) is 16.0 Å². The predicted molar refractivity (Wildman–Crippen MR) is 255 cm³/mol. The zero-order chi connectivity index (χ0) is 54.7. The molecular weight excluding hydrogens is 987 g/mol. The van der Waals surface area contributed by atoms with Gasteiger partial charge in [0, 0.05) is 50.1 Å². The Hall–Kier alpha value is -2.97. The van der Waals surface area contributed by atoms with Gasteiger partial charge in [-0.05, 0) is 25.7 Å². The Morgan fingerprint density at radius 3 is 1.39 bits per heavy atom. The summed E-state index contributed by atoms with van der Waals surface area (Å²) >= 11 is 0. The summed E-state index contributed by atoms with van der Waals surface area (Å²) < 4.78 is 49.7. The van der Waals surface area contributed by atoms with Gasteiger partial charge in [0.05, 0.1) is 77.8 Å². The average Bonchev–Trinajstić information content (AvgIpc) is 3.38.